The lowest BCUT2D eigenvalue weighted by atomic mass is 9.87. The van der Waals surface area contributed by atoms with Crippen molar-refractivity contribution in [3.05, 3.63) is 11.7 Å². The summed E-state index contributed by atoms with van der Waals surface area (Å²) in [6, 6.07) is 0. The van der Waals surface area contributed by atoms with E-state index in [4.69, 9.17) is 4.52 Å². The molecule has 0 amide bonds. The predicted octanol–water partition coefficient (Wildman–Crippen LogP) is 3.66. The third-order valence-corrected chi connectivity index (χ3v) is 3.48. The highest BCUT2D eigenvalue weighted by atomic mass is 127. The van der Waals surface area contributed by atoms with Gasteiger partial charge in [0.05, 0.1) is 0 Å². The molecule has 0 aliphatic carbocycles. The summed E-state index contributed by atoms with van der Waals surface area (Å²) < 4.78 is 5.08. The fourth-order valence-corrected chi connectivity index (χ4v) is 2.16. The Hall–Kier alpha value is -0.860. The van der Waals surface area contributed by atoms with Crippen LogP contribution in [0.2, 0.25) is 0 Å². The van der Waals surface area contributed by atoms with E-state index in [9.17, 15) is 0 Å². The van der Waals surface area contributed by atoms with Crippen LogP contribution in [0.15, 0.2) is 9.52 Å². The molecule has 0 aliphatic heterocycles. The van der Waals surface area contributed by atoms with Gasteiger partial charge < -0.3 is 15.2 Å². The van der Waals surface area contributed by atoms with Crippen molar-refractivity contribution < 1.29 is 4.52 Å². The Morgan fingerprint density at radius 1 is 1.22 bits per heavy atom. The molecule has 7 heteroatoms. The highest BCUT2D eigenvalue weighted by Crippen LogP contribution is 2.22. The van der Waals surface area contributed by atoms with E-state index in [1.54, 1.807) is 6.92 Å². The van der Waals surface area contributed by atoms with E-state index in [-0.39, 0.29) is 29.4 Å². The second-order valence-corrected chi connectivity index (χ2v) is 6.41. The van der Waals surface area contributed by atoms with Crippen LogP contribution in [-0.4, -0.2) is 29.2 Å². The molecule has 0 radical (unpaired) electrons. The molecule has 0 saturated heterocycles. The summed E-state index contributed by atoms with van der Waals surface area (Å²) in [6.07, 6.45) is 5.06. The first-order valence-electron chi connectivity index (χ1n) is 8.28. The minimum absolute atomic E-state index is 0. The molecule has 0 atom stereocenters. The monoisotopic (exact) mass is 437 g/mol. The average molecular weight is 437 g/mol. The number of hydrogen-bond acceptors (Lipinski definition) is 4. The highest BCUT2D eigenvalue weighted by molar-refractivity contribution is 14.0. The van der Waals surface area contributed by atoms with Crippen molar-refractivity contribution in [1.29, 1.82) is 0 Å². The van der Waals surface area contributed by atoms with Gasteiger partial charge in [-0.05, 0) is 25.7 Å². The standard InChI is InChI=1S/C16H31N5O.HI/c1-6-8-9-10-16(4,5)12-19-15(17-7-2)18-11-14-20-13(3)21-22-14;/h6-12H2,1-5H3,(H2,17,18,19);1H. The Balaban J connectivity index is 0.00000484. The van der Waals surface area contributed by atoms with Crippen molar-refractivity contribution in [2.45, 2.75) is 66.8 Å². The van der Waals surface area contributed by atoms with Crippen molar-refractivity contribution in [3.8, 4) is 0 Å². The maximum Gasteiger partial charge on any atom is 0.248 e. The Morgan fingerprint density at radius 3 is 2.52 bits per heavy atom. The van der Waals surface area contributed by atoms with Crippen LogP contribution in [0.1, 0.15) is 65.1 Å². The average Bonchev–Trinajstić information content (AvgIpc) is 2.88. The lowest BCUT2D eigenvalue weighted by Crippen LogP contribution is -2.42. The molecule has 2 N–H and O–H groups in total. The van der Waals surface area contributed by atoms with Crippen LogP contribution in [0.25, 0.3) is 0 Å². The van der Waals surface area contributed by atoms with Crippen LogP contribution in [0.4, 0.5) is 0 Å². The smallest absolute Gasteiger partial charge is 0.248 e. The lowest BCUT2D eigenvalue weighted by Gasteiger charge is -2.26. The van der Waals surface area contributed by atoms with E-state index in [0.717, 1.165) is 19.0 Å². The van der Waals surface area contributed by atoms with Crippen LogP contribution < -0.4 is 10.6 Å². The second-order valence-electron chi connectivity index (χ2n) is 6.41. The normalized spacial score (nSPS) is 12.0. The zero-order chi connectivity index (χ0) is 16.4. The number of halogens is 1. The summed E-state index contributed by atoms with van der Waals surface area (Å²) in [5.74, 6) is 1.97. The first-order valence-corrected chi connectivity index (χ1v) is 8.28. The van der Waals surface area contributed by atoms with Crippen LogP contribution in [0, 0.1) is 12.3 Å². The molecular formula is C16H32IN5O. The summed E-state index contributed by atoms with van der Waals surface area (Å²) >= 11 is 0. The fraction of sp³-hybridized carbons (Fsp3) is 0.812. The van der Waals surface area contributed by atoms with E-state index in [2.05, 4.69) is 53.5 Å². The first-order chi connectivity index (χ1) is 10.5. The topological polar surface area (TPSA) is 75.3 Å². The summed E-state index contributed by atoms with van der Waals surface area (Å²) in [4.78, 5) is 8.66. The summed E-state index contributed by atoms with van der Waals surface area (Å²) in [6.45, 7) is 12.8. The molecule has 1 aromatic rings. The Bertz CT molecular complexity index is 459. The maximum absolute atomic E-state index is 5.08. The van der Waals surface area contributed by atoms with Gasteiger partial charge in [-0.25, -0.2) is 4.99 Å². The van der Waals surface area contributed by atoms with Crippen molar-refractivity contribution in [1.82, 2.24) is 20.8 Å². The van der Waals surface area contributed by atoms with Gasteiger partial charge in [0.15, 0.2) is 11.8 Å². The molecule has 0 aromatic carbocycles. The minimum atomic E-state index is 0. The van der Waals surface area contributed by atoms with E-state index >= 15 is 0 Å². The van der Waals surface area contributed by atoms with E-state index < -0.39 is 0 Å². The summed E-state index contributed by atoms with van der Waals surface area (Å²) in [5.41, 5.74) is 0.256. The zero-order valence-electron chi connectivity index (χ0n) is 15.1. The molecule has 1 heterocycles. The molecule has 1 aromatic heterocycles. The summed E-state index contributed by atoms with van der Waals surface area (Å²) in [5, 5.41) is 10.4. The van der Waals surface area contributed by atoms with E-state index in [1.807, 2.05) is 0 Å². The molecule has 23 heavy (non-hydrogen) atoms. The van der Waals surface area contributed by atoms with Crippen LogP contribution in [0.3, 0.4) is 0 Å². The lowest BCUT2D eigenvalue weighted by molar-refractivity contribution is 0.318. The van der Waals surface area contributed by atoms with Crippen LogP contribution in [0.5, 0.6) is 0 Å². The molecular weight excluding hydrogens is 405 g/mol. The number of rotatable bonds is 9. The van der Waals surface area contributed by atoms with Gasteiger partial charge in [-0.3, -0.25) is 0 Å². The van der Waals surface area contributed by atoms with Gasteiger partial charge in [-0.15, -0.1) is 24.0 Å². The van der Waals surface area contributed by atoms with E-state index in [0.29, 0.717) is 18.3 Å². The van der Waals surface area contributed by atoms with Gasteiger partial charge in [0.1, 0.15) is 6.54 Å². The minimum Gasteiger partial charge on any atom is -0.357 e. The quantitative estimate of drug-likeness (QED) is 0.267. The summed E-state index contributed by atoms with van der Waals surface area (Å²) in [7, 11) is 0. The van der Waals surface area contributed by atoms with Gasteiger partial charge >= 0.3 is 0 Å². The molecule has 6 nitrogen and oxygen atoms in total. The number of unbranched alkanes of at least 4 members (excludes halogenated alkanes) is 2. The Morgan fingerprint density at radius 2 is 1.96 bits per heavy atom. The fourth-order valence-electron chi connectivity index (χ4n) is 2.16. The largest absolute Gasteiger partial charge is 0.357 e. The van der Waals surface area contributed by atoms with Gasteiger partial charge in [-0.1, -0.05) is 45.2 Å². The Labute approximate surface area is 157 Å². The van der Waals surface area contributed by atoms with E-state index in [1.165, 1.54) is 25.7 Å². The number of aliphatic imine (C=N–C) groups is 1. The molecule has 134 valence electrons. The second kappa shape index (κ2) is 11.6. The van der Waals surface area contributed by atoms with Crippen molar-refractivity contribution >= 4 is 29.9 Å². The number of aromatic nitrogens is 2. The highest BCUT2D eigenvalue weighted by Gasteiger charge is 2.17. The van der Waals surface area contributed by atoms with Gasteiger partial charge in [-0.2, -0.15) is 4.98 Å². The van der Waals surface area contributed by atoms with Gasteiger partial charge in [0, 0.05) is 13.1 Å². The molecule has 0 spiro atoms. The molecule has 1 rings (SSSR count). The molecule has 0 unspecified atom stereocenters. The molecule has 0 aliphatic rings. The Kier molecular flexibility index (Phi) is 11.2. The first kappa shape index (κ1) is 22.1. The predicted molar refractivity (Wildman–Crippen MR) is 105 cm³/mol. The third-order valence-electron chi connectivity index (χ3n) is 3.48. The molecule has 0 fully saturated rings. The van der Waals surface area contributed by atoms with Crippen molar-refractivity contribution in [3.63, 3.8) is 0 Å². The zero-order valence-corrected chi connectivity index (χ0v) is 17.4. The van der Waals surface area contributed by atoms with Gasteiger partial charge in [0.2, 0.25) is 5.89 Å². The third kappa shape index (κ3) is 9.78. The number of guanidine groups is 1. The van der Waals surface area contributed by atoms with Gasteiger partial charge in [0.25, 0.3) is 0 Å². The number of nitrogens with one attached hydrogen (secondary N) is 2. The van der Waals surface area contributed by atoms with Crippen molar-refractivity contribution in [2.24, 2.45) is 10.4 Å². The number of aryl methyl sites for hydroxylation is 1. The number of hydrogen-bond donors (Lipinski definition) is 2. The maximum atomic E-state index is 5.08. The SMILES string of the molecule is CCCCCC(C)(C)CNC(=NCc1nc(C)no1)NCC.I. The van der Waals surface area contributed by atoms with Crippen molar-refractivity contribution in [2.75, 3.05) is 13.1 Å². The number of nitrogens with zero attached hydrogens (tertiary/aromatic N) is 3. The van der Waals surface area contributed by atoms with Crippen LogP contribution in [-0.2, 0) is 6.54 Å². The van der Waals surface area contributed by atoms with Crippen LogP contribution >= 0.6 is 24.0 Å². The molecule has 0 saturated carbocycles. The molecule has 0 bridgehead atoms.